The quantitative estimate of drug-likeness (QED) is 0.404. The monoisotopic (exact) mass is 434 g/mol. The van der Waals surface area contributed by atoms with Crippen molar-refractivity contribution in [1.82, 2.24) is 10.2 Å². The van der Waals surface area contributed by atoms with Gasteiger partial charge in [-0.25, -0.2) is 0 Å². The van der Waals surface area contributed by atoms with Gasteiger partial charge in [-0.1, -0.05) is 109 Å². The first kappa shape index (κ1) is 22.0. The van der Waals surface area contributed by atoms with E-state index in [0.717, 1.165) is 16.7 Å². The molecule has 0 unspecified atom stereocenters. The summed E-state index contributed by atoms with van der Waals surface area (Å²) in [6.45, 7) is 0.887. The molecule has 0 aliphatic carbocycles. The van der Waals surface area contributed by atoms with E-state index in [-0.39, 0.29) is 11.8 Å². The number of hydrogen-bond donors (Lipinski definition) is 1. The van der Waals surface area contributed by atoms with Crippen molar-refractivity contribution in [3.63, 3.8) is 0 Å². The van der Waals surface area contributed by atoms with Gasteiger partial charge in [-0.15, -0.1) is 0 Å². The second-order valence-corrected chi connectivity index (χ2v) is 7.85. The van der Waals surface area contributed by atoms with E-state index in [1.165, 1.54) is 0 Å². The van der Waals surface area contributed by atoms with E-state index >= 15 is 0 Å². The second-order valence-electron chi connectivity index (χ2n) is 7.85. The van der Waals surface area contributed by atoms with E-state index in [4.69, 9.17) is 0 Å². The van der Waals surface area contributed by atoms with Gasteiger partial charge in [0.1, 0.15) is 6.04 Å². The maximum atomic E-state index is 13.9. The number of rotatable bonds is 8. The highest BCUT2D eigenvalue weighted by molar-refractivity contribution is 5.97. The third-order valence-electron chi connectivity index (χ3n) is 5.44. The van der Waals surface area contributed by atoms with E-state index in [0.29, 0.717) is 18.7 Å². The van der Waals surface area contributed by atoms with Gasteiger partial charge in [0.15, 0.2) is 0 Å². The summed E-state index contributed by atoms with van der Waals surface area (Å²) in [5.41, 5.74) is 3.33. The summed E-state index contributed by atoms with van der Waals surface area (Å²) < 4.78 is 0. The molecule has 4 nitrogen and oxygen atoms in total. The van der Waals surface area contributed by atoms with E-state index < -0.39 is 6.04 Å². The largest absolute Gasteiger partial charge is 0.336 e. The number of nitrogens with zero attached hydrogens (tertiary/aromatic N) is 1. The molecule has 4 aromatic carbocycles. The Hall–Kier alpha value is -4.18. The minimum absolute atomic E-state index is 0.154. The lowest BCUT2D eigenvalue weighted by molar-refractivity contribution is -0.134. The predicted octanol–water partition coefficient (Wildman–Crippen LogP) is 5.39. The summed E-state index contributed by atoms with van der Waals surface area (Å²) in [5.74, 6) is -0.435. The van der Waals surface area contributed by atoms with Crippen molar-refractivity contribution in [2.45, 2.75) is 19.1 Å². The third-order valence-corrected chi connectivity index (χ3v) is 5.44. The van der Waals surface area contributed by atoms with Gasteiger partial charge in [-0.3, -0.25) is 9.59 Å². The van der Waals surface area contributed by atoms with Gasteiger partial charge in [-0.05, 0) is 28.8 Å². The molecule has 4 aromatic rings. The lowest BCUT2D eigenvalue weighted by Crippen LogP contribution is -2.42. The van der Waals surface area contributed by atoms with Crippen LogP contribution in [0, 0.1) is 0 Å². The van der Waals surface area contributed by atoms with E-state index in [1.807, 2.05) is 109 Å². The van der Waals surface area contributed by atoms with Crippen LogP contribution in [0.4, 0.5) is 0 Å². The zero-order chi connectivity index (χ0) is 22.9. The van der Waals surface area contributed by atoms with Crippen LogP contribution >= 0.6 is 0 Å². The fraction of sp³-hybridized carbons (Fsp3) is 0.103. The molecule has 1 N–H and O–H groups in total. The van der Waals surface area contributed by atoms with Crippen LogP contribution in [-0.2, 0) is 17.9 Å². The van der Waals surface area contributed by atoms with Gasteiger partial charge in [0.05, 0.1) is 0 Å². The van der Waals surface area contributed by atoms with Crippen LogP contribution in [0.1, 0.15) is 33.1 Å². The van der Waals surface area contributed by atoms with Crippen molar-refractivity contribution in [1.29, 1.82) is 0 Å². The van der Waals surface area contributed by atoms with Crippen LogP contribution in [0.3, 0.4) is 0 Å². The topological polar surface area (TPSA) is 49.4 Å². The predicted molar refractivity (Wildman–Crippen MR) is 130 cm³/mol. The molecule has 0 aromatic heterocycles. The van der Waals surface area contributed by atoms with Crippen LogP contribution in [0.15, 0.2) is 121 Å². The first-order chi connectivity index (χ1) is 16.2. The first-order valence-electron chi connectivity index (χ1n) is 11.0. The molecule has 0 heterocycles. The molecule has 0 radical (unpaired) electrons. The molecule has 0 saturated carbocycles. The van der Waals surface area contributed by atoms with E-state index in [2.05, 4.69) is 5.32 Å². The number of benzene rings is 4. The van der Waals surface area contributed by atoms with Crippen LogP contribution in [0.2, 0.25) is 0 Å². The average molecular weight is 435 g/mol. The number of carbonyl (C=O) groups is 2. The first-order valence-corrected chi connectivity index (χ1v) is 11.0. The fourth-order valence-corrected chi connectivity index (χ4v) is 3.74. The molecule has 0 saturated heterocycles. The Morgan fingerprint density at radius 1 is 0.606 bits per heavy atom. The lowest BCUT2D eigenvalue weighted by Gasteiger charge is -2.28. The maximum Gasteiger partial charge on any atom is 0.252 e. The highest BCUT2D eigenvalue weighted by Gasteiger charge is 2.28. The summed E-state index contributed by atoms with van der Waals surface area (Å²) in [6.07, 6.45) is 0. The Balaban J connectivity index is 1.65. The van der Waals surface area contributed by atoms with Crippen LogP contribution in [0.25, 0.3) is 0 Å². The Bertz CT molecular complexity index is 1120. The molecule has 33 heavy (non-hydrogen) atoms. The normalized spacial score (nSPS) is 11.4. The van der Waals surface area contributed by atoms with Crippen LogP contribution in [0.5, 0.6) is 0 Å². The van der Waals surface area contributed by atoms with Crippen molar-refractivity contribution in [3.8, 4) is 0 Å². The molecular formula is C29H26N2O2. The molecular weight excluding hydrogens is 408 g/mol. The Labute approximate surface area is 194 Å². The molecule has 0 spiro atoms. The van der Waals surface area contributed by atoms with Crippen LogP contribution < -0.4 is 5.32 Å². The average Bonchev–Trinajstić information content (AvgIpc) is 2.88. The summed E-state index contributed by atoms with van der Waals surface area (Å²) in [7, 11) is 0. The standard InChI is InChI=1S/C29H26N2O2/c32-28(26-19-11-4-12-20-26)30-27(25-17-9-3-10-18-25)29(33)31(21-23-13-5-1-6-14-23)22-24-15-7-2-8-16-24/h1-20,27H,21-22H2,(H,30,32)/t27-/m0/s1. The molecule has 4 heteroatoms. The highest BCUT2D eigenvalue weighted by atomic mass is 16.2. The summed E-state index contributed by atoms with van der Waals surface area (Å²) in [5, 5.41) is 2.97. The van der Waals surface area contributed by atoms with E-state index in [9.17, 15) is 9.59 Å². The summed E-state index contributed by atoms with van der Waals surface area (Å²) in [6, 6.07) is 37.4. The summed E-state index contributed by atoms with van der Waals surface area (Å²) in [4.78, 5) is 28.7. The zero-order valence-corrected chi connectivity index (χ0v) is 18.3. The van der Waals surface area contributed by atoms with Crippen LogP contribution in [-0.4, -0.2) is 16.7 Å². The molecule has 0 aliphatic heterocycles. The van der Waals surface area contributed by atoms with Crippen molar-refractivity contribution in [3.05, 3.63) is 144 Å². The zero-order valence-electron chi connectivity index (χ0n) is 18.3. The van der Waals surface area contributed by atoms with Crippen molar-refractivity contribution in [2.24, 2.45) is 0 Å². The SMILES string of the molecule is O=C(N[C@H](C(=O)N(Cc1ccccc1)Cc1ccccc1)c1ccccc1)c1ccccc1. The lowest BCUT2D eigenvalue weighted by atomic mass is 10.0. The molecule has 0 fully saturated rings. The Morgan fingerprint density at radius 3 is 1.52 bits per heavy atom. The van der Waals surface area contributed by atoms with Gasteiger partial charge in [0.25, 0.3) is 5.91 Å². The van der Waals surface area contributed by atoms with Gasteiger partial charge >= 0.3 is 0 Å². The minimum atomic E-state index is -0.800. The molecule has 2 amide bonds. The second kappa shape index (κ2) is 10.9. The van der Waals surface area contributed by atoms with Gasteiger partial charge in [0.2, 0.25) is 5.91 Å². The minimum Gasteiger partial charge on any atom is -0.336 e. The number of amides is 2. The highest BCUT2D eigenvalue weighted by Crippen LogP contribution is 2.20. The van der Waals surface area contributed by atoms with Gasteiger partial charge < -0.3 is 10.2 Å². The number of carbonyl (C=O) groups excluding carboxylic acids is 2. The van der Waals surface area contributed by atoms with Gasteiger partial charge in [-0.2, -0.15) is 0 Å². The maximum absolute atomic E-state index is 13.9. The molecule has 1 atom stereocenters. The Morgan fingerprint density at radius 2 is 1.03 bits per heavy atom. The van der Waals surface area contributed by atoms with Crippen molar-refractivity contribution in [2.75, 3.05) is 0 Å². The number of hydrogen-bond acceptors (Lipinski definition) is 2. The summed E-state index contributed by atoms with van der Waals surface area (Å²) >= 11 is 0. The van der Waals surface area contributed by atoms with Crippen molar-refractivity contribution >= 4 is 11.8 Å². The van der Waals surface area contributed by atoms with E-state index in [1.54, 1.807) is 17.0 Å². The smallest absolute Gasteiger partial charge is 0.252 e. The molecule has 0 aliphatic rings. The third kappa shape index (κ3) is 5.95. The molecule has 4 rings (SSSR count). The Kier molecular flexibility index (Phi) is 7.29. The fourth-order valence-electron chi connectivity index (χ4n) is 3.74. The van der Waals surface area contributed by atoms with Gasteiger partial charge in [0, 0.05) is 18.7 Å². The number of nitrogens with one attached hydrogen (secondary N) is 1. The molecule has 0 bridgehead atoms. The van der Waals surface area contributed by atoms with Crippen molar-refractivity contribution < 1.29 is 9.59 Å². The molecule has 164 valence electrons.